The van der Waals surface area contributed by atoms with E-state index in [9.17, 15) is 0 Å². The van der Waals surface area contributed by atoms with E-state index in [1.54, 1.807) is 0 Å². The monoisotopic (exact) mass is 265 g/mol. The van der Waals surface area contributed by atoms with Crippen molar-refractivity contribution in [2.75, 3.05) is 19.8 Å². The maximum atomic E-state index is 5.88. The highest BCUT2D eigenvalue weighted by Gasteiger charge is 2.07. The second-order valence-electron chi connectivity index (χ2n) is 5.06. The quantitative estimate of drug-likeness (QED) is 0.695. The van der Waals surface area contributed by atoms with Crippen LogP contribution in [0.3, 0.4) is 0 Å². The second kappa shape index (κ2) is 8.94. The van der Waals surface area contributed by atoms with E-state index < -0.39 is 0 Å². The second-order valence-corrected chi connectivity index (χ2v) is 5.06. The van der Waals surface area contributed by atoms with Crippen LogP contribution in [0.1, 0.15) is 38.3 Å². The third kappa shape index (κ3) is 6.08. The molecule has 0 heterocycles. The third-order valence-electron chi connectivity index (χ3n) is 2.82. The van der Waals surface area contributed by atoms with Gasteiger partial charge in [-0.3, -0.25) is 0 Å². The molecular weight excluding hydrogens is 238 g/mol. The first-order valence-electron chi connectivity index (χ1n) is 7.17. The first-order chi connectivity index (χ1) is 9.15. The lowest BCUT2D eigenvalue weighted by Crippen LogP contribution is -2.22. The minimum Gasteiger partial charge on any atom is -0.491 e. The van der Waals surface area contributed by atoms with Crippen LogP contribution in [0.25, 0.3) is 0 Å². The highest BCUT2D eigenvalue weighted by molar-refractivity contribution is 5.40. The maximum absolute atomic E-state index is 5.88. The van der Waals surface area contributed by atoms with Gasteiger partial charge in [-0.2, -0.15) is 0 Å². The van der Waals surface area contributed by atoms with Crippen molar-refractivity contribution >= 4 is 0 Å². The van der Waals surface area contributed by atoms with Crippen molar-refractivity contribution in [2.45, 2.75) is 46.7 Å². The Labute approximate surface area is 117 Å². The van der Waals surface area contributed by atoms with E-state index >= 15 is 0 Å². The molecule has 1 rings (SSSR count). The summed E-state index contributed by atoms with van der Waals surface area (Å²) in [5.74, 6) is 0.996. The number of benzene rings is 1. The van der Waals surface area contributed by atoms with E-state index in [0.717, 1.165) is 25.3 Å². The number of hydrogen-bond acceptors (Lipinski definition) is 3. The first kappa shape index (κ1) is 16.0. The van der Waals surface area contributed by atoms with Crippen LogP contribution in [0.15, 0.2) is 18.2 Å². The number of aryl methyl sites for hydroxylation is 1. The lowest BCUT2D eigenvalue weighted by atomic mass is 10.1. The van der Waals surface area contributed by atoms with Crippen LogP contribution in [-0.4, -0.2) is 25.9 Å². The summed E-state index contributed by atoms with van der Waals surface area (Å²) in [6.07, 6.45) is 1.05. The minimum absolute atomic E-state index is 0.473. The molecule has 0 aliphatic rings. The zero-order chi connectivity index (χ0) is 14.1. The summed E-state index contributed by atoms with van der Waals surface area (Å²) in [5, 5.41) is 3.43. The first-order valence-corrected chi connectivity index (χ1v) is 7.17. The molecule has 1 N–H and O–H groups in total. The minimum atomic E-state index is 0.473. The van der Waals surface area contributed by atoms with Crippen LogP contribution in [0, 0.1) is 6.92 Å². The van der Waals surface area contributed by atoms with Crippen molar-refractivity contribution in [1.29, 1.82) is 0 Å². The Hall–Kier alpha value is -1.06. The van der Waals surface area contributed by atoms with Crippen LogP contribution >= 0.6 is 0 Å². The van der Waals surface area contributed by atoms with E-state index in [-0.39, 0.29) is 0 Å². The van der Waals surface area contributed by atoms with Crippen molar-refractivity contribution in [2.24, 2.45) is 0 Å². The fourth-order valence-corrected chi connectivity index (χ4v) is 1.82. The Morgan fingerprint density at radius 3 is 2.63 bits per heavy atom. The molecule has 108 valence electrons. The molecule has 3 nitrogen and oxygen atoms in total. The van der Waals surface area contributed by atoms with Gasteiger partial charge in [-0.15, -0.1) is 0 Å². The van der Waals surface area contributed by atoms with Gasteiger partial charge in [0.1, 0.15) is 12.4 Å². The molecule has 0 aliphatic carbocycles. The third-order valence-corrected chi connectivity index (χ3v) is 2.82. The van der Waals surface area contributed by atoms with E-state index in [2.05, 4.69) is 51.2 Å². The van der Waals surface area contributed by atoms with Gasteiger partial charge in [0.2, 0.25) is 0 Å². The molecular formula is C16H27NO2. The SMILES string of the molecule is CCCOCCOc1c(C)cccc1CNC(C)C. The Morgan fingerprint density at radius 2 is 1.95 bits per heavy atom. The summed E-state index contributed by atoms with van der Waals surface area (Å²) in [6, 6.07) is 6.75. The van der Waals surface area contributed by atoms with Crippen molar-refractivity contribution in [3.8, 4) is 5.75 Å². The van der Waals surface area contributed by atoms with Gasteiger partial charge in [0.05, 0.1) is 6.61 Å². The number of para-hydroxylation sites is 1. The molecule has 0 spiro atoms. The molecule has 3 heteroatoms. The molecule has 0 unspecified atom stereocenters. The molecule has 0 saturated carbocycles. The average molecular weight is 265 g/mol. The number of nitrogens with one attached hydrogen (secondary N) is 1. The molecule has 0 fully saturated rings. The topological polar surface area (TPSA) is 30.5 Å². The predicted molar refractivity (Wildman–Crippen MR) is 79.8 cm³/mol. The molecule has 0 aliphatic heterocycles. The smallest absolute Gasteiger partial charge is 0.126 e. The highest BCUT2D eigenvalue weighted by Crippen LogP contribution is 2.23. The summed E-state index contributed by atoms with van der Waals surface area (Å²) in [6.45, 7) is 11.4. The Morgan fingerprint density at radius 1 is 1.16 bits per heavy atom. The molecule has 0 atom stereocenters. The van der Waals surface area contributed by atoms with E-state index in [1.807, 2.05) is 0 Å². The van der Waals surface area contributed by atoms with Crippen LogP contribution < -0.4 is 10.1 Å². The van der Waals surface area contributed by atoms with Gasteiger partial charge in [-0.1, -0.05) is 39.0 Å². The van der Waals surface area contributed by atoms with Gasteiger partial charge in [0, 0.05) is 24.8 Å². The fraction of sp³-hybridized carbons (Fsp3) is 0.625. The molecule has 0 radical (unpaired) electrons. The summed E-state index contributed by atoms with van der Waals surface area (Å²) >= 11 is 0. The molecule has 0 bridgehead atoms. The van der Waals surface area contributed by atoms with Gasteiger partial charge < -0.3 is 14.8 Å². The average Bonchev–Trinajstić information content (AvgIpc) is 2.38. The molecule has 1 aromatic rings. The molecule has 0 saturated heterocycles. The summed E-state index contributed by atoms with van der Waals surface area (Å²) in [4.78, 5) is 0. The van der Waals surface area contributed by atoms with E-state index in [1.165, 1.54) is 11.1 Å². The highest BCUT2D eigenvalue weighted by atomic mass is 16.5. The lowest BCUT2D eigenvalue weighted by molar-refractivity contribution is 0.1000. The van der Waals surface area contributed by atoms with E-state index in [4.69, 9.17) is 9.47 Å². The predicted octanol–water partition coefficient (Wildman–Crippen LogP) is 3.30. The van der Waals surface area contributed by atoms with Crippen LogP contribution in [-0.2, 0) is 11.3 Å². The fourth-order valence-electron chi connectivity index (χ4n) is 1.82. The Kier molecular flexibility index (Phi) is 7.53. The van der Waals surface area contributed by atoms with Gasteiger partial charge in [-0.05, 0) is 18.9 Å². The standard InChI is InChI=1S/C16H27NO2/c1-5-9-18-10-11-19-16-14(4)7-6-8-15(16)12-17-13(2)3/h6-8,13,17H,5,9-12H2,1-4H3. The zero-order valence-corrected chi connectivity index (χ0v) is 12.7. The van der Waals surface area contributed by atoms with Crippen LogP contribution in [0.5, 0.6) is 5.75 Å². The Balaban J connectivity index is 2.54. The summed E-state index contributed by atoms with van der Waals surface area (Å²) < 4.78 is 11.3. The lowest BCUT2D eigenvalue weighted by Gasteiger charge is -2.16. The summed E-state index contributed by atoms with van der Waals surface area (Å²) in [7, 11) is 0. The molecule has 19 heavy (non-hydrogen) atoms. The van der Waals surface area contributed by atoms with Crippen molar-refractivity contribution in [3.63, 3.8) is 0 Å². The molecule has 0 aromatic heterocycles. The van der Waals surface area contributed by atoms with Crippen molar-refractivity contribution in [1.82, 2.24) is 5.32 Å². The maximum Gasteiger partial charge on any atom is 0.126 e. The summed E-state index contributed by atoms with van der Waals surface area (Å²) in [5.41, 5.74) is 2.39. The molecule has 0 amide bonds. The van der Waals surface area contributed by atoms with Crippen LogP contribution in [0.4, 0.5) is 0 Å². The van der Waals surface area contributed by atoms with Gasteiger partial charge in [-0.25, -0.2) is 0 Å². The number of ether oxygens (including phenoxy) is 2. The Bertz CT molecular complexity index is 364. The number of rotatable bonds is 9. The normalized spacial score (nSPS) is 11.0. The van der Waals surface area contributed by atoms with Gasteiger partial charge in [0.15, 0.2) is 0 Å². The molecule has 1 aromatic carbocycles. The van der Waals surface area contributed by atoms with Gasteiger partial charge >= 0.3 is 0 Å². The van der Waals surface area contributed by atoms with Crippen molar-refractivity contribution in [3.05, 3.63) is 29.3 Å². The van der Waals surface area contributed by atoms with Crippen molar-refractivity contribution < 1.29 is 9.47 Å². The zero-order valence-electron chi connectivity index (χ0n) is 12.7. The van der Waals surface area contributed by atoms with Crippen LogP contribution in [0.2, 0.25) is 0 Å². The van der Waals surface area contributed by atoms with Gasteiger partial charge in [0.25, 0.3) is 0 Å². The van der Waals surface area contributed by atoms with E-state index in [0.29, 0.717) is 19.3 Å². The largest absolute Gasteiger partial charge is 0.491 e. The number of hydrogen-bond donors (Lipinski definition) is 1.